The van der Waals surface area contributed by atoms with Gasteiger partial charge in [-0.3, -0.25) is 4.79 Å². The SMILES string of the molecule is CCOC(=O)C1=C(C)NC(C)=C(C(=O)OCCN2C(=O)c3ccccc3S2(=O)=O)C1C. The molecule has 1 atom stereocenters. The second-order valence-corrected chi connectivity index (χ2v) is 8.99. The van der Waals surface area contributed by atoms with Gasteiger partial charge in [0.05, 0.1) is 29.9 Å². The van der Waals surface area contributed by atoms with Gasteiger partial charge in [0.2, 0.25) is 0 Å². The number of hydrogen-bond acceptors (Lipinski definition) is 8. The van der Waals surface area contributed by atoms with Crippen LogP contribution in [-0.4, -0.2) is 50.3 Å². The van der Waals surface area contributed by atoms with Crippen molar-refractivity contribution in [2.75, 3.05) is 19.8 Å². The lowest BCUT2D eigenvalue weighted by Gasteiger charge is -2.27. The predicted octanol–water partition coefficient (Wildman–Crippen LogP) is 1.72. The van der Waals surface area contributed by atoms with Crippen molar-refractivity contribution >= 4 is 27.9 Å². The number of hydrogen-bond donors (Lipinski definition) is 1. The first-order valence-corrected chi connectivity index (χ1v) is 11.2. The number of rotatable bonds is 6. The minimum absolute atomic E-state index is 0.0605. The van der Waals surface area contributed by atoms with Gasteiger partial charge in [0, 0.05) is 17.3 Å². The van der Waals surface area contributed by atoms with Crippen LogP contribution < -0.4 is 5.32 Å². The van der Waals surface area contributed by atoms with E-state index in [2.05, 4.69) is 5.32 Å². The van der Waals surface area contributed by atoms with Crippen molar-refractivity contribution in [2.24, 2.45) is 5.92 Å². The highest BCUT2D eigenvalue weighted by Gasteiger charge is 2.41. The fourth-order valence-electron chi connectivity index (χ4n) is 3.83. The van der Waals surface area contributed by atoms with Gasteiger partial charge in [-0.2, -0.15) is 0 Å². The molecule has 0 bridgehead atoms. The van der Waals surface area contributed by atoms with Crippen molar-refractivity contribution in [3.05, 3.63) is 52.4 Å². The Morgan fingerprint density at radius 1 is 1.06 bits per heavy atom. The van der Waals surface area contributed by atoms with Crippen LogP contribution in [0.4, 0.5) is 0 Å². The van der Waals surface area contributed by atoms with E-state index in [1.54, 1.807) is 33.8 Å². The highest BCUT2D eigenvalue weighted by atomic mass is 32.2. The van der Waals surface area contributed by atoms with Crippen LogP contribution in [0, 0.1) is 5.92 Å². The Morgan fingerprint density at radius 2 is 1.65 bits per heavy atom. The molecule has 10 heteroatoms. The van der Waals surface area contributed by atoms with E-state index in [1.807, 2.05) is 0 Å². The van der Waals surface area contributed by atoms with Gasteiger partial charge < -0.3 is 14.8 Å². The van der Waals surface area contributed by atoms with Crippen molar-refractivity contribution < 1.29 is 32.3 Å². The fraction of sp³-hybridized carbons (Fsp3) is 0.381. The van der Waals surface area contributed by atoms with Crippen LogP contribution in [0.2, 0.25) is 0 Å². The zero-order chi connectivity index (χ0) is 22.9. The molecule has 0 saturated carbocycles. The summed E-state index contributed by atoms with van der Waals surface area (Å²) in [4.78, 5) is 37.4. The molecule has 2 aliphatic heterocycles. The lowest BCUT2D eigenvalue weighted by atomic mass is 9.87. The molecule has 1 aromatic rings. The van der Waals surface area contributed by atoms with Gasteiger partial charge in [0.15, 0.2) is 0 Å². The number of sulfonamides is 1. The van der Waals surface area contributed by atoms with Crippen LogP contribution in [0.25, 0.3) is 0 Å². The second-order valence-electron chi connectivity index (χ2n) is 7.16. The van der Waals surface area contributed by atoms with Crippen LogP contribution in [0.1, 0.15) is 38.1 Å². The first kappa shape index (κ1) is 22.5. The summed E-state index contributed by atoms with van der Waals surface area (Å²) in [5, 5.41) is 2.99. The number of amides is 1. The molecule has 2 aliphatic rings. The van der Waals surface area contributed by atoms with Crippen LogP contribution in [0.3, 0.4) is 0 Å². The largest absolute Gasteiger partial charge is 0.463 e. The molecule has 3 rings (SSSR count). The Morgan fingerprint density at radius 3 is 2.23 bits per heavy atom. The summed E-state index contributed by atoms with van der Waals surface area (Å²) < 4.78 is 36.2. The highest BCUT2D eigenvalue weighted by Crippen LogP contribution is 2.32. The molecular formula is C21H24N2O7S. The molecule has 1 unspecified atom stereocenters. The Kier molecular flexibility index (Phi) is 6.21. The van der Waals surface area contributed by atoms with Crippen LogP contribution in [-0.2, 0) is 29.1 Å². The molecular weight excluding hydrogens is 424 g/mol. The number of carbonyl (C=O) groups is 3. The van der Waals surface area contributed by atoms with Gasteiger partial charge >= 0.3 is 11.9 Å². The summed E-state index contributed by atoms with van der Waals surface area (Å²) in [6.07, 6.45) is 0. The van der Waals surface area contributed by atoms with E-state index in [4.69, 9.17) is 9.47 Å². The Labute approximate surface area is 180 Å². The molecule has 1 N–H and O–H groups in total. The monoisotopic (exact) mass is 448 g/mol. The minimum Gasteiger partial charge on any atom is -0.463 e. The van der Waals surface area contributed by atoms with E-state index in [-0.39, 0.29) is 35.8 Å². The quantitative estimate of drug-likeness (QED) is 0.654. The van der Waals surface area contributed by atoms with Crippen LogP contribution in [0.5, 0.6) is 0 Å². The minimum atomic E-state index is -3.97. The average molecular weight is 448 g/mol. The molecule has 1 aromatic carbocycles. The number of allylic oxidation sites excluding steroid dienone is 2. The lowest BCUT2D eigenvalue weighted by Crippen LogP contribution is -2.35. The number of nitrogens with zero attached hydrogens (tertiary/aromatic N) is 1. The molecule has 0 saturated heterocycles. The zero-order valence-corrected chi connectivity index (χ0v) is 18.5. The first-order chi connectivity index (χ1) is 14.6. The van der Waals surface area contributed by atoms with E-state index >= 15 is 0 Å². The number of nitrogens with one attached hydrogen (secondary N) is 1. The highest BCUT2D eigenvalue weighted by molar-refractivity contribution is 7.90. The van der Waals surface area contributed by atoms with Crippen molar-refractivity contribution in [3.63, 3.8) is 0 Å². The number of dihydropyridines is 1. The molecule has 166 valence electrons. The Bertz CT molecular complexity index is 1120. The molecule has 31 heavy (non-hydrogen) atoms. The fourth-order valence-corrected chi connectivity index (χ4v) is 5.38. The number of carbonyl (C=O) groups excluding carboxylic acids is 3. The second kappa shape index (κ2) is 8.54. The van der Waals surface area contributed by atoms with Crippen molar-refractivity contribution in [2.45, 2.75) is 32.6 Å². The molecule has 0 spiro atoms. The number of esters is 2. The summed E-state index contributed by atoms with van der Waals surface area (Å²) in [5.74, 6) is -2.45. The summed E-state index contributed by atoms with van der Waals surface area (Å²) >= 11 is 0. The average Bonchev–Trinajstić information content (AvgIpc) is 2.88. The molecule has 0 radical (unpaired) electrons. The van der Waals surface area contributed by atoms with Crippen molar-refractivity contribution in [3.8, 4) is 0 Å². The smallest absolute Gasteiger partial charge is 0.336 e. The summed E-state index contributed by atoms with van der Waals surface area (Å²) in [7, 11) is -3.97. The van der Waals surface area contributed by atoms with Gasteiger partial charge in [0.25, 0.3) is 15.9 Å². The molecule has 1 amide bonds. The van der Waals surface area contributed by atoms with Gasteiger partial charge in [-0.1, -0.05) is 19.1 Å². The standard InChI is InChI=1S/C21H24N2O7S/c1-5-29-20(25)17-12(2)18(14(4)22-13(17)3)21(26)30-11-10-23-19(24)15-8-6-7-9-16(15)31(23,27)28/h6-9,12,22H,5,10-11H2,1-4H3. The van der Waals surface area contributed by atoms with Gasteiger partial charge in [-0.05, 0) is 32.9 Å². The van der Waals surface area contributed by atoms with Crippen LogP contribution >= 0.6 is 0 Å². The molecule has 0 fully saturated rings. The van der Waals surface area contributed by atoms with Gasteiger partial charge in [-0.25, -0.2) is 22.3 Å². The maximum absolute atomic E-state index is 12.7. The molecule has 2 heterocycles. The van der Waals surface area contributed by atoms with E-state index < -0.39 is 33.8 Å². The molecule has 0 aliphatic carbocycles. The summed E-state index contributed by atoms with van der Waals surface area (Å²) in [6.45, 7) is 6.36. The normalized spacial score (nSPS) is 19.8. The summed E-state index contributed by atoms with van der Waals surface area (Å²) in [6, 6.07) is 5.93. The zero-order valence-electron chi connectivity index (χ0n) is 17.7. The van der Waals surface area contributed by atoms with Crippen molar-refractivity contribution in [1.29, 1.82) is 0 Å². The number of benzene rings is 1. The maximum Gasteiger partial charge on any atom is 0.336 e. The van der Waals surface area contributed by atoms with E-state index in [0.29, 0.717) is 21.3 Å². The Hall–Kier alpha value is -3.14. The van der Waals surface area contributed by atoms with E-state index in [9.17, 15) is 22.8 Å². The lowest BCUT2D eigenvalue weighted by molar-refractivity contribution is -0.140. The van der Waals surface area contributed by atoms with E-state index in [1.165, 1.54) is 18.2 Å². The maximum atomic E-state index is 12.7. The topological polar surface area (TPSA) is 119 Å². The van der Waals surface area contributed by atoms with Crippen molar-refractivity contribution in [1.82, 2.24) is 9.62 Å². The van der Waals surface area contributed by atoms with Crippen LogP contribution in [0.15, 0.2) is 51.7 Å². The summed E-state index contributed by atoms with van der Waals surface area (Å²) in [5.41, 5.74) is 1.78. The molecule has 0 aromatic heterocycles. The third kappa shape index (κ3) is 3.95. The molecule has 9 nitrogen and oxygen atoms in total. The predicted molar refractivity (Wildman–Crippen MR) is 110 cm³/mol. The number of fused-ring (bicyclic) bond motifs is 1. The third-order valence-corrected chi connectivity index (χ3v) is 7.04. The van der Waals surface area contributed by atoms with Gasteiger partial charge in [-0.15, -0.1) is 0 Å². The Balaban J connectivity index is 1.70. The third-order valence-electron chi connectivity index (χ3n) is 5.20. The van der Waals surface area contributed by atoms with Gasteiger partial charge in [0.1, 0.15) is 11.5 Å². The first-order valence-electron chi connectivity index (χ1n) is 9.80. The van der Waals surface area contributed by atoms with E-state index in [0.717, 1.165) is 0 Å². The number of ether oxygens (including phenoxy) is 2.